The van der Waals surface area contributed by atoms with E-state index in [2.05, 4.69) is 37.9 Å². The lowest BCUT2D eigenvalue weighted by Crippen LogP contribution is -2.10. The Kier molecular flexibility index (Phi) is 5.30. The molecule has 0 bridgehead atoms. The Balaban J connectivity index is 2.26. The van der Waals surface area contributed by atoms with Crippen molar-refractivity contribution in [1.29, 1.82) is 0 Å². The SMILES string of the molecule is CCc1nn(CC)c(CC(O)c2cc(OC)ncn2)c1Br. The van der Waals surface area contributed by atoms with Gasteiger partial charge in [-0.3, -0.25) is 4.68 Å². The summed E-state index contributed by atoms with van der Waals surface area (Å²) in [5.74, 6) is 0.441. The maximum atomic E-state index is 10.4. The maximum Gasteiger partial charge on any atom is 0.216 e. The van der Waals surface area contributed by atoms with E-state index in [9.17, 15) is 5.11 Å². The zero-order valence-electron chi connectivity index (χ0n) is 12.4. The second kappa shape index (κ2) is 7.00. The zero-order valence-corrected chi connectivity index (χ0v) is 14.0. The van der Waals surface area contributed by atoms with Gasteiger partial charge in [-0.1, -0.05) is 6.92 Å². The molecule has 21 heavy (non-hydrogen) atoms. The number of rotatable bonds is 6. The van der Waals surface area contributed by atoms with Gasteiger partial charge >= 0.3 is 0 Å². The molecule has 2 heterocycles. The molecule has 0 fully saturated rings. The lowest BCUT2D eigenvalue weighted by atomic mass is 10.1. The summed E-state index contributed by atoms with van der Waals surface area (Å²) in [4.78, 5) is 8.05. The van der Waals surface area contributed by atoms with Crippen molar-refractivity contribution in [2.75, 3.05) is 7.11 Å². The first-order chi connectivity index (χ1) is 10.1. The van der Waals surface area contributed by atoms with E-state index in [0.29, 0.717) is 18.0 Å². The smallest absolute Gasteiger partial charge is 0.216 e. The van der Waals surface area contributed by atoms with Crippen LogP contribution in [0.3, 0.4) is 0 Å². The Bertz CT molecular complexity index is 615. The molecule has 2 aromatic rings. The predicted octanol–water partition coefficient (Wildman–Crippen LogP) is 2.30. The summed E-state index contributed by atoms with van der Waals surface area (Å²) in [7, 11) is 1.54. The quantitative estimate of drug-likeness (QED) is 0.861. The molecule has 0 aliphatic heterocycles. The maximum absolute atomic E-state index is 10.4. The highest BCUT2D eigenvalue weighted by molar-refractivity contribution is 9.10. The second-order valence-electron chi connectivity index (χ2n) is 4.58. The number of hydrogen-bond acceptors (Lipinski definition) is 5. The fraction of sp³-hybridized carbons (Fsp3) is 0.500. The van der Waals surface area contributed by atoms with E-state index in [-0.39, 0.29) is 0 Å². The van der Waals surface area contributed by atoms with Crippen LogP contribution in [0.2, 0.25) is 0 Å². The van der Waals surface area contributed by atoms with Gasteiger partial charge in [-0.05, 0) is 29.3 Å². The van der Waals surface area contributed by atoms with Gasteiger partial charge in [-0.25, -0.2) is 9.97 Å². The molecule has 1 N–H and O–H groups in total. The van der Waals surface area contributed by atoms with Crippen LogP contribution in [-0.2, 0) is 19.4 Å². The molecular formula is C14H19BrN4O2. The molecule has 0 aliphatic rings. The molecule has 0 saturated heterocycles. The van der Waals surface area contributed by atoms with Crippen molar-refractivity contribution < 1.29 is 9.84 Å². The van der Waals surface area contributed by atoms with Crippen LogP contribution in [0.1, 0.15) is 37.0 Å². The van der Waals surface area contributed by atoms with Crippen LogP contribution in [0.25, 0.3) is 0 Å². The van der Waals surface area contributed by atoms with Crippen LogP contribution in [0.5, 0.6) is 5.88 Å². The molecule has 114 valence electrons. The fourth-order valence-electron chi connectivity index (χ4n) is 2.15. The van der Waals surface area contributed by atoms with Crippen LogP contribution in [-0.4, -0.2) is 32.0 Å². The van der Waals surface area contributed by atoms with Gasteiger partial charge in [0.25, 0.3) is 0 Å². The number of aliphatic hydroxyl groups excluding tert-OH is 1. The van der Waals surface area contributed by atoms with Crippen molar-refractivity contribution in [1.82, 2.24) is 19.7 Å². The number of nitrogens with zero attached hydrogens (tertiary/aromatic N) is 4. The molecule has 0 spiro atoms. The summed E-state index contributed by atoms with van der Waals surface area (Å²) >= 11 is 3.58. The van der Waals surface area contributed by atoms with Gasteiger partial charge in [0.2, 0.25) is 5.88 Å². The highest BCUT2D eigenvalue weighted by atomic mass is 79.9. The summed E-state index contributed by atoms with van der Waals surface area (Å²) < 4.78 is 7.93. The predicted molar refractivity (Wildman–Crippen MR) is 82.2 cm³/mol. The first-order valence-corrected chi connectivity index (χ1v) is 7.68. The van der Waals surface area contributed by atoms with E-state index in [0.717, 1.165) is 28.8 Å². The van der Waals surface area contributed by atoms with Crippen LogP contribution in [0, 0.1) is 0 Å². The van der Waals surface area contributed by atoms with Gasteiger partial charge in [0.05, 0.1) is 28.7 Å². The van der Waals surface area contributed by atoms with Gasteiger partial charge in [-0.15, -0.1) is 0 Å². The number of methoxy groups -OCH3 is 1. The summed E-state index contributed by atoms with van der Waals surface area (Å²) in [5.41, 5.74) is 2.51. The fourth-order valence-corrected chi connectivity index (χ4v) is 2.87. The molecular weight excluding hydrogens is 336 g/mol. The molecule has 2 aromatic heterocycles. The molecule has 0 aliphatic carbocycles. The zero-order chi connectivity index (χ0) is 15.4. The normalized spacial score (nSPS) is 12.4. The van der Waals surface area contributed by atoms with Crippen molar-refractivity contribution in [2.24, 2.45) is 0 Å². The average Bonchev–Trinajstić information content (AvgIpc) is 2.83. The van der Waals surface area contributed by atoms with E-state index >= 15 is 0 Å². The molecule has 0 saturated carbocycles. The molecule has 0 aromatic carbocycles. The third kappa shape index (κ3) is 3.41. The number of aromatic nitrogens is 4. The first-order valence-electron chi connectivity index (χ1n) is 6.88. The summed E-state index contributed by atoms with van der Waals surface area (Å²) in [5, 5.41) is 14.9. The van der Waals surface area contributed by atoms with E-state index in [1.165, 1.54) is 13.4 Å². The Hall–Kier alpha value is -1.47. The lowest BCUT2D eigenvalue weighted by molar-refractivity contribution is 0.169. The standard InChI is InChI=1S/C14H19BrN4O2/c1-4-9-14(15)11(19(5-2)18-9)7-12(20)10-6-13(21-3)17-8-16-10/h6,8,12,20H,4-5,7H2,1-3H3. The molecule has 2 rings (SSSR count). The number of aliphatic hydroxyl groups is 1. The highest BCUT2D eigenvalue weighted by Gasteiger charge is 2.19. The summed E-state index contributed by atoms with van der Waals surface area (Å²) in [6.07, 6.45) is 1.94. The van der Waals surface area contributed by atoms with Crippen molar-refractivity contribution in [2.45, 2.75) is 39.3 Å². The number of aryl methyl sites for hydroxylation is 2. The minimum Gasteiger partial charge on any atom is -0.481 e. The van der Waals surface area contributed by atoms with Crippen LogP contribution in [0.4, 0.5) is 0 Å². The van der Waals surface area contributed by atoms with Crippen LogP contribution in [0.15, 0.2) is 16.9 Å². The number of halogens is 1. The largest absolute Gasteiger partial charge is 0.481 e. The Morgan fingerprint density at radius 2 is 2.14 bits per heavy atom. The Morgan fingerprint density at radius 1 is 1.38 bits per heavy atom. The molecule has 7 heteroatoms. The third-order valence-corrected chi connectivity index (χ3v) is 4.21. The molecule has 0 amide bonds. The van der Waals surface area contributed by atoms with Crippen LogP contribution >= 0.6 is 15.9 Å². The molecule has 1 atom stereocenters. The number of hydrogen-bond donors (Lipinski definition) is 1. The highest BCUT2D eigenvalue weighted by Crippen LogP contribution is 2.27. The minimum atomic E-state index is -0.732. The molecule has 6 nitrogen and oxygen atoms in total. The van der Waals surface area contributed by atoms with E-state index in [1.807, 2.05) is 11.6 Å². The van der Waals surface area contributed by atoms with Crippen molar-refractivity contribution >= 4 is 15.9 Å². The van der Waals surface area contributed by atoms with Gasteiger partial charge in [0.15, 0.2) is 0 Å². The van der Waals surface area contributed by atoms with Gasteiger partial charge in [-0.2, -0.15) is 5.10 Å². The Morgan fingerprint density at radius 3 is 2.76 bits per heavy atom. The minimum absolute atomic E-state index is 0.432. The van der Waals surface area contributed by atoms with E-state index in [1.54, 1.807) is 6.07 Å². The molecule has 0 radical (unpaired) electrons. The van der Waals surface area contributed by atoms with Gasteiger partial charge in [0.1, 0.15) is 12.4 Å². The van der Waals surface area contributed by atoms with Gasteiger partial charge in [0, 0.05) is 19.0 Å². The molecule has 1 unspecified atom stereocenters. The van der Waals surface area contributed by atoms with E-state index < -0.39 is 6.10 Å². The lowest BCUT2D eigenvalue weighted by Gasteiger charge is -2.12. The van der Waals surface area contributed by atoms with Crippen molar-refractivity contribution in [3.63, 3.8) is 0 Å². The second-order valence-corrected chi connectivity index (χ2v) is 5.37. The average molecular weight is 355 g/mol. The van der Waals surface area contributed by atoms with Crippen molar-refractivity contribution in [3.8, 4) is 5.88 Å². The third-order valence-electron chi connectivity index (χ3n) is 3.29. The summed E-state index contributed by atoms with van der Waals surface area (Å²) in [6.45, 7) is 4.85. The summed E-state index contributed by atoms with van der Waals surface area (Å²) in [6, 6.07) is 1.64. The Labute approximate surface area is 132 Å². The first kappa shape index (κ1) is 15.9. The van der Waals surface area contributed by atoms with Gasteiger partial charge < -0.3 is 9.84 Å². The van der Waals surface area contributed by atoms with Crippen LogP contribution < -0.4 is 4.74 Å². The number of ether oxygens (including phenoxy) is 1. The topological polar surface area (TPSA) is 73.1 Å². The van der Waals surface area contributed by atoms with E-state index in [4.69, 9.17) is 4.74 Å². The van der Waals surface area contributed by atoms with Crippen molar-refractivity contribution in [3.05, 3.63) is 33.9 Å². The monoisotopic (exact) mass is 354 g/mol.